The predicted molar refractivity (Wildman–Crippen MR) is 108 cm³/mol. The standard InChI is InChI=1S/C22H20N2OS/c1-16-11-12-18(15-17(16)2)21(25)20(24-13-7-4-8-14-24)22(26)23-19-9-5-3-6-10-19/h3-15H,1-2H3,(H-,23,25,26). The maximum Gasteiger partial charge on any atom is 0.238 e. The van der Waals surface area contributed by atoms with Crippen LogP contribution in [0.2, 0.25) is 0 Å². The Morgan fingerprint density at radius 2 is 1.54 bits per heavy atom. The molecule has 0 amide bonds. The van der Waals surface area contributed by atoms with E-state index in [1.807, 2.05) is 93.0 Å². The number of hydrogen-bond donors (Lipinski definition) is 1. The Morgan fingerprint density at radius 3 is 2.19 bits per heavy atom. The zero-order valence-electron chi connectivity index (χ0n) is 14.8. The Kier molecular flexibility index (Phi) is 5.44. The molecule has 1 N–H and O–H groups in total. The predicted octanol–water partition coefficient (Wildman–Crippen LogP) is 3.72. The van der Waals surface area contributed by atoms with Gasteiger partial charge in [0.2, 0.25) is 5.70 Å². The summed E-state index contributed by atoms with van der Waals surface area (Å²) in [5.74, 6) is -0.113. The number of nitrogens with one attached hydrogen (secondary N) is 1. The number of anilines is 1. The zero-order chi connectivity index (χ0) is 18.5. The summed E-state index contributed by atoms with van der Waals surface area (Å²) in [6, 6.07) is 21.0. The molecule has 3 nitrogen and oxygen atoms in total. The largest absolute Gasteiger partial charge is 0.867 e. The van der Waals surface area contributed by atoms with Crippen molar-refractivity contribution < 1.29 is 9.67 Å². The van der Waals surface area contributed by atoms with Crippen molar-refractivity contribution in [3.05, 3.63) is 95.8 Å². The van der Waals surface area contributed by atoms with Crippen LogP contribution in [0.5, 0.6) is 0 Å². The molecule has 0 bridgehead atoms. The molecule has 1 heterocycles. The molecule has 0 saturated carbocycles. The van der Waals surface area contributed by atoms with Gasteiger partial charge in [-0.2, -0.15) is 4.57 Å². The molecule has 0 aliphatic heterocycles. The molecule has 26 heavy (non-hydrogen) atoms. The van der Waals surface area contributed by atoms with Gasteiger partial charge in [0.25, 0.3) is 0 Å². The molecule has 0 unspecified atom stereocenters. The van der Waals surface area contributed by atoms with Crippen molar-refractivity contribution in [1.29, 1.82) is 0 Å². The molecule has 0 radical (unpaired) electrons. The highest BCUT2D eigenvalue weighted by atomic mass is 32.1. The van der Waals surface area contributed by atoms with Crippen LogP contribution in [0.1, 0.15) is 16.7 Å². The quantitative estimate of drug-likeness (QED) is 0.334. The van der Waals surface area contributed by atoms with Crippen molar-refractivity contribution in [1.82, 2.24) is 0 Å². The molecule has 2 aromatic carbocycles. The van der Waals surface area contributed by atoms with E-state index in [2.05, 4.69) is 5.32 Å². The number of nitrogens with zero attached hydrogens (tertiary/aromatic N) is 1. The lowest BCUT2D eigenvalue weighted by Crippen LogP contribution is -2.39. The minimum atomic E-state index is -0.113. The van der Waals surface area contributed by atoms with Crippen molar-refractivity contribution in [3.63, 3.8) is 0 Å². The summed E-state index contributed by atoms with van der Waals surface area (Å²) in [5, 5.41) is 16.4. The molecule has 1 aromatic heterocycles. The molecular formula is C22H20N2OS. The highest BCUT2D eigenvalue weighted by Crippen LogP contribution is 2.19. The van der Waals surface area contributed by atoms with E-state index in [9.17, 15) is 5.11 Å². The van der Waals surface area contributed by atoms with E-state index < -0.39 is 0 Å². The summed E-state index contributed by atoms with van der Waals surface area (Å²) in [5.41, 5.74) is 4.12. The normalized spacial score (nSPS) is 11.6. The van der Waals surface area contributed by atoms with Crippen LogP contribution in [0.25, 0.3) is 11.5 Å². The average Bonchev–Trinajstić information content (AvgIpc) is 2.66. The van der Waals surface area contributed by atoms with Crippen molar-refractivity contribution >= 4 is 34.3 Å². The minimum absolute atomic E-state index is 0.113. The first-order valence-corrected chi connectivity index (χ1v) is 8.79. The smallest absolute Gasteiger partial charge is 0.238 e. The molecule has 3 aromatic rings. The number of para-hydroxylation sites is 1. The summed E-state index contributed by atoms with van der Waals surface area (Å²) in [4.78, 5) is 0.385. The number of rotatable bonds is 4. The van der Waals surface area contributed by atoms with E-state index in [1.54, 1.807) is 4.57 Å². The summed E-state index contributed by atoms with van der Waals surface area (Å²) in [6.07, 6.45) is 3.65. The number of pyridine rings is 1. The third-order valence-corrected chi connectivity index (χ3v) is 4.50. The van der Waals surface area contributed by atoms with Gasteiger partial charge in [-0.15, -0.1) is 0 Å². The molecule has 0 fully saturated rings. The Morgan fingerprint density at radius 1 is 0.885 bits per heavy atom. The van der Waals surface area contributed by atoms with E-state index >= 15 is 0 Å². The maximum absolute atomic E-state index is 13.3. The lowest BCUT2D eigenvalue weighted by molar-refractivity contribution is -0.577. The Balaban J connectivity index is 2.08. The van der Waals surface area contributed by atoms with E-state index in [0.717, 1.165) is 16.8 Å². The van der Waals surface area contributed by atoms with Crippen LogP contribution < -0.4 is 15.0 Å². The van der Waals surface area contributed by atoms with Gasteiger partial charge >= 0.3 is 0 Å². The second-order valence-electron chi connectivity index (χ2n) is 6.08. The fraction of sp³-hybridized carbons (Fsp3) is 0.0909. The first-order valence-electron chi connectivity index (χ1n) is 8.38. The zero-order valence-corrected chi connectivity index (χ0v) is 15.6. The van der Waals surface area contributed by atoms with Crippen LogP contribution in [-0.4, -0.2) is 4.99 Å². The van der Waals surface area contributed by atoms with Crippen LogP contribution in [-0.2, 0) is 0 Å². The minimum Gasteiger partial charge on any atom is -0.867 e. The van der Waals surface area contributed by atoms with Gasteiger partial charge in [-0.05, 0) is 48.4 Å². The highest BCUT2D eigenvalue weighted by molar-refractivity contribution is 7.81. The van der Waals surface area contributed by atoms with Crippen molar-refractivity contribution in [3.8, 4) is 0 Å². The van der Waals surface area contributed by atoms with Crippen LogP contribution in [0.15, 0.2) is 79.1 Å². The monoisotopic (exact) mass is 360 g/mol. The van der Waals surface area contributed by atoms with Gasteiger partial charge < -0.3 is 10.4 Å². The first-order chi connectivity index (χ1) is 12.6. The number of benzene rings is 2. The second-order valence-corrected chi connectivity index (χ2v) is 6.49. The lowest BCUT2D eigenvalue weighted by atomic mass is 10.0. The molecule has 0 saturated heterocycles. The van der Waals surface area contributed by atoms with Gasteiger partial charge in [0.15, 0.2) is 17.4 Å². The second kappa shape index (κ2) is 7.93. The number of hydrogen-bond acceptors (Lipinski definition) is 2. The third-order valence-electron chi connectivity index (χ3n) is 4.20. The van der Waals surface area contributed by atoms with Crippen molar-refractivity contribution in [2.24, 2.45) is 0 Å². The summed E-state index contributed by atoms with van der Waals surface area (Å²) >= 11 is 5.58. The van der Waals surface area contributed by atoms with Gasteiger partial charge in [-0.1, -0.05) is 54.7 Å². The van der Waals surface area contributed by atoms with Gasteiger partial charge in [0.1, 0.15) is 0 Å². The van der Waals surface area contributed by atoms with Gasteiger partial charge in [0, 0.05) is 17.8 Å². The van der Waals surface area contributed by atoms with Gasteiger partial charge in [0.05, 0.1) is 0 Å². The lowest BCUT2D eigenvalue weighted by Gasteiger charge is -2.17. The molecule has 0 aliphatic rings. The van der Waals surface area contributed by atoms with E-state index in [1.165, 1.54) is 0 Å². The SMILES string of the molecule is Cc1ccc(C([O-])=C(C(=S)Nc2ccccc2)[n+]2ccccc2)cc1C. The molecule has 130 valence electrons. The summed E-state index contributed by atoms with van der Waals surface area (Å²) < 4.78 is 1.76. The van der Waals surface area contributed by atoms with Crippen LogP contribution in [0, 0.1) is 13.8 Å². The summed E-state index contributed by atoms with van der Waals surface area (Å²) in [7, 11) is 0. The Labute approximate surface area is 159 Å². The first kappa shape index (κ1) is 17.8. The molecule has 3 rings (SSSR count). The Bertz CT molecular complexity index is 950. The van der Waals surface area contributed by atoms with Crippen LogP contribution in [0.4, 0.5) is 5.69 Å². The highest BCUT2D eigenvalue weighted by Gasteiger charge is 2.18. The third kappa shape index (κ3) is 3.98. The van der Waals surface area contributed by atoms with Crippen molar-refractivity contribution in [2.75, 3.05) is 5.32 Å². The topological polar surface area (TPSA) is 39.0 Å². The molecular weight excluding hydrogens is 340 g/mol. The van der Waals surface area contributed by atoms with Crippen molar-refractivity contribution in [2.45, 2.75) is 13.8 Å². The van der Waals surface area contributed by atoms with E-state index in [4.69, 9.17) is 12.2 Å². The number of aryl methyl sites for hydroxylation is 2. The van der Waals surface area contributed by atoms with Gasteiger partial charge in [-0.25, -0.2) is 0 Å². The fourth-order valence-electron chi connectivity index (χ4n) is 2.62. The van der Waals surface area contributed by atoms with Crippen LogP contribution >= 0.6 is 12.2 Å². The van der Waals surface area contributed by atoms with E-state index in [-0.39, 0.29) is 5.76 Å². The molecule has 4 heteroatoms. The molecule has 0 aliphatic carbocycles. The summed E-state index contributed by atoms with van der Waals surface area (Å²) in [6.45, 7) is 4.03. The number of aromatic nitrogens is 1. The average molecular weight is 360 g/mol. The maximum atomic E-state index is 13.3. The molecule has 0 atom stereocenters. The van der Waals surface area contributed by atoms with Crippen LogP contribution in [0.3, 0.4) is 0 Å². The van der Waals surface area contributed by atoms with E-state index in [0.29, 0.717) is 16.2 Å². The van der Waals surface area contributed by atoms with Gasteiger partial charge in [-0.3, -0.25) is 0 Å². The molecule has 0 spiro atoms. The number of thiocarbonyl (C=S) groups is 1. The fourth-order valence-corrected chi connectivity index (χ4v) is 2.93. The Hall–Kier alpha value is -2.98.